The topological polar surface area (TPSA) is 43.6 Å². The zero-order valence-electron chi connectivity index (χ0n) is 11.1. The van der Waals surface area contributed by atoms with E-state index in [1.54, 1.807) is 23.2 Å². The molecule has 21 heavy (non-hydrogen) atoms. The highest BCUT2D eigenvalue weighted by molar-refractivity contribution is 6.30. The highest BCUT2D eigenvalue weighted by Crippen LogP contribution is 2.15. The van der Waals surface area contributed by atoms with Gasteiger partial charge in [-0.3, -0.25) is 4.57 Å². The van der Waals surface area contributed by atoms with Gasteiger partial charge in [0.05, 0.1) is 0 Å². The van der Waals surface area contributed by atoms with Crippen molar-refractivity contribution in [2.24, 2.45) is 0 Å². The summed E-state index contributed by atoms with van der Waals surface area (Å²) in [6.07, 6.45) is 6.70. The third kappa shape index (κ3) is 3.60. The highest BCUT2D eigenvalue weighted by Gasteiger charge is 2.06. The molecule has 0 unspecified atom stereocenters. The van der Waals surface area contributed by atoms with Crippen LogP contribution in [0.5, 0.6) is 0 Å². The molecule has 3 rings (SSSR count). The predicted molar refractivity (Wildman–Crippen MR) is 83.0 cm³/mol. The van der Waals surface area contributed by atoms with Gasteiger partial charge in [0.25, 0.3) is 0 Å². The Balaban J connectivity index is 1.79. The van der Waals surface area contributed by atoms with Crippen LogP contribution in [0.3, 0.4) is 0 Å². The minimum atomic E-state index is 0.426. The van der Waals surface area contributed by atoms with Crippen LogP contribution in [0.15, 0.2) is 49.1 Å². The smallest absolute Gasteiger partial charge is 0.143 e. The van der Waals surface area contributed by atoms with E-state index >= 15 is 0 Å². The maximum Gasteiger partial charge on any atom is 0.143 e. The molecule has 0 bridgehead atoms. The molecular weight excluding hydrogens is 307 g/mol. The SMILES string of the molecule is Clc1cccc(CCc2nc(Cl)cc(-n3ccnc3)n2)c1. The second kappa shape index (κ2) is 6.24. The van der Waals surface area contributed by atoms with Crippen molar-refractivity contribution in [1.82, 2.24) is 19.5 Å². The molecule has 0 aliphatic carbocycles. The summed E-state index contributed by atoms with van der Waals surface area (Å²) in [5.41, 5.74) is 1.15. The third-order valence-corrected chi connectivity index (χ3v) is 3.45. The normalized spacial score (nSPS) is 10.8. The maximum absolute atomic E-state index is 6.07. The lowest BCUT2D eigenvalue weighted by Crippen LogP contribution is -2.03. The number of nitrogens with zero attached hydrogens (tertiary/aromatic N) is 4. The van der Waals surface area contributed by atoms with Gasteiger partial charge in [0, 0.05) is 29.9 Å². The summed E-state index contributed by atoms with van der Waals surface area (Å²) >= 11 is 12.0. The summed E-state index contributed by atoms with van der Waals surface area (Å²) in [6.45, 7) is 0. The van der Waals surface area contributed by atoms with E-state index in [-0.39, 0.29) is 0 Å². The summed E-state index contributed by atoms with van der Waals surface area (Å²) in [7, 11) is 0. The summed E-state index contributed by atoms with van der Waals surface area (Å²) in [4.78, 5) is 12.8. The first-order valence-electron chi connectivity index (χ1n) is 6.47. The second-order valence-corrected chi connectivity index (χ2v) is 5.39. The van der Waals surface area contributed by atoms with E-state index < -0.39 is 0 Å². The van der Waals surface area contributed by atoms with Crippen LogP contribution in [0, 0.1) is 0 Å². The first-order valence-corrected chi connectivity index (χ1v) is 7.22. The Morgan fingerprint density at radius 2 is 1.95 bits per heavy atom. The fourth-order valence-corrected chi connectivity index (χ4v) is 2.45. The lowest BCUT2D eigenvalue weighted by atomic mass is 10.1. The van der Waals surface area contributed by atoms with Gasteiger partial charge in [-0.2, -0.15) is 0 Å². The van der Waals surface area contributed by atoms with Gasteiger partial charge in [-0.1, -0.05) is 35.3 Å². The van der Waals surface area contributed by atoms with E-state index in [1.807, 2.05) is 30.5 Å². The summed E-state index contributed by atoms with van der Waals surface area (Å²) < 4.78 is 1.80. The number of hydrogen-bond donors (Lipinski definition) is 0. The van der Waals surface area contributed by atoms with Crippen LogP contribution in [-0.4, -0.2) is 19.5 Å². The van der Waals surface area contributed by atoms with Crippen molar-refractivity contribution in [1.29, 1.82) is 0 Å². The van der Waals surface area contributed by atoms with Crippen molar-refractivity contribution >= 4 is 23.2 Å². The molecule has 3 aromatic rings. The Hall–Kier alpha value is -1.91. The van der Waals surface area contributed by atoms with Gasteiger partial charge in [0.15, 0.2) is 0 Å². The average molecular weight is 319 g/mol. The Kier molecular flexibility index (Phi) is 4.18. The highest BCUT2D eigenvalue weighted by atomic mass is 35.5. The van der Waals surface area contributed by atoms with Crippen molar-refractivity contribution < 1.29 is 0 Å². The minimum Gasteiger partial charge on any atom is -0.290 e. The molecule has 0 aliphatic heterocycles. The Labute approximate surface area is 132 Å². The van der Waals surface area contributed by atoms with E-state index in [4.69, 9.17) is 23.2 Å². The number of rotatable bonds is 4. The molecule has 0 amide bonds. The van der Waals surface area contributed by atoms with E-state index in [2.05, 4.69) is 15.0 Å². The molecule has 0 aliphatic rings. The Morgan fingerprint density at radius 1 is 1.05 bits per heavy atom. The van der Waals surface area contributed by atoms with Gasteiger partial charge in [0.1, 0.15) is 23.1 Å². The van der Waals surface area contributed by atoms with E-state index in [1.165, 1.54) is 0 Å². The van der Waals surface area contributed by atoms with Gasteiger partial charge in [-0.25, -0.2) is 15.0 Å². The standard InChI is InChI=1S/C15H12Cl2N4/c16-12-3-1-2-11(8-12)4-5-14-19-13(17)9-15(20-14)21-7-6-18-10-21/h1-3,6-10H,4-5H2. The second-order valence-electron chi connectivity index (χ2n) is 4.56. The minimum absolute atomic E-state index is 0.426. The van der Waals surface area contributed by atoms with Gasteiger partial charge >= 0.3 is 0 Å². The molecular formula is C15H12Cl2N4. The van der Waals surface area contributed by atoms with Crippen LogP contribution in [-0.2, 0) is 12.8 Å². The van der Waals surface area contributed by atoms with Crippen LogP contribution < -0.4 is 0 Å². The van der Waals surface area contributed by atoms with E-state index in [0.29, 0.717) is 23.2 Å². The lowest BCUT2D eigenvalue weighted by Gasteiger charge is -2.06. The maximum atomic E-state index is 6.07. The van der Waals surface area contributed by atoms with Crippen molar-refractivity contribution in [3.05, 3.63) is 70.6 Å². The molecule has 0 saturated carbocycles. The number of halogens is 2. The first-order chi connectivity index (χ1) is 10.2. The summed E-state index contributed by atoms with van der Waals surface area (Å²) in [5, 5.41) is 1.16. The third-order valence-electron chi connectivity index (χ3n) is 3.02. The molecule has 0 fully saturated rings. The number of imidazole rings is 1. The van der Waals surface area contributed by atoms with Crippen molar-refractivity contribution in [3.8, 4) is 5.82 Å². The molecule has 0 saturated heterocycles. The molecule has 106 valence electrons. The van der Waals surface area contributed by atoms with Crippen molar-refractivity contribution in [2.75, 3.05) is 0 Å². The largest absolute Gasteiger partial charge is 0.290 e. The average Bonchev–Trinajstić information content (AvgIpc) is 2.99. The summed E-state index contributed by atoms with van der Waals surface area (Å²) in [6, 6.07) is 9.49. The fourth-order valence-electron chi connectivity index (χ4n) is 2.04. The molecule has 2 heterocycles. The molecule has 4 nitrogen and oxygen atoms in total. The van der Waals surface area contributed by atoms with E-state index in [0.717, 1.165) is 17.0 Å². The predicted octanol–water partition coefficient (Wildman–Crippen LogP) is 3.75. The lowest BCUT2D eigenvalue weighted by molar-refractivity contribution is 0.835. The molecule has 1 aromatic carbocycles. The van der Waals surface area contributed by atoms with Crippen LogP contribution in [0.2, 0.25) is 10.2 Å². The molecule has 6 heteroatoms. The number of aryl methyl sites for hydroxylation is 2. The Morgan fingerprint density at radius 3 is 2.71 bits per heavy atom. The van der Waals surface area contributed by atoms with Gasteiger partial charge in [-0.05, 0) is 24.1 Å². The van der Waals surface area contributed by atoms with Crippen LogP contribution in [0.1, 0.15) is 11.4 Å². The van der Waals surface area contributed by atoms with Crippen molar-refractivity contribution in [2.45, 2.75) is 12.8 Å². The quantitative estimate of drug-likeness (QED) is 0.688. The number of aromatic nitrogens is 4. The molecule has 0 N–H and O–H groups in total. The van der Waals surface area contributed by atoms with Crippen molar-refractivity contribution in [3.63, 3.8) is 0 Å². The first kappa shape index (κ1) is 14.0. The molecule has 0 radical (unpaired) electrons. The molecule has 2 aromatic heterocycles. The molecule has 0 atom stereocenters. The summed E-state index contributed by atoms with van der Waals surface area (Å²) in [5.74, 6) is 1.42. The number of hydrogen-bond acceptors (Lipinski definition) is 3. The zero-order chi connectivity index (χ0) is 14.7. The monoisotopic (exact) mass is 318 g/mol. The van der Waals surface area contributed by atoms with Gasteiger partial charge < -0.3 is 0 Å². The molecule has 0 spiro atoms. The van der Waals surface area contributed by atoms with Gasteiger partial charge in [0.2, 0.25) is 0 Å². The van der Waals surface area contributed by atoms with Gasteiger partial charge in [-0.15, -0.1) is 0 Å². The van der Waals surface area contributed by atoms with E-state index in [9.17, 15) is 0 Å². The Bertz CT molecular complexity index is 741. The fraction of sp³-hybridized carbons (Fsp3) is 0.133. The van der Waals surface area contributed by atoms with Crippen LogP contribution >= 0.6 is 23.2 Å². The zero-order valence-corrected chi connectivity index (χ0v) is 12.6. The number of benzene rings is 1. The van der Waals surface area contributed by atoms with Crippen LogP contribution in [0.4, 0.5) is 0 Å². The van der Waals surface area contributed by atoms with Crippen LogP contribution in [0.25, 0.3) is 5.82 Å².